The van der Waals surface area contributed by atoms with Crippen LogP contribution in [-0.4, -0.2) is 36.4 Å². The monoisotopic (exact) mass is 474 g/mol. The van der Waals surface area contributed by atoms with E-state index >= 15 is 0 Å². The number of rotatable bonds is 8. The molecule has 3 rings (SSSR count). The molecule has 1 heterocycles. The molecule has 1 N–H and O–H groups in total. The van der Waals surface area contributed by atoms with Crippen molar-refractivity contribution in [1.82, 2.24) is 4.90 Å². The summed E-state index contributed by atoms with van der Waals surface area (Å²) in [4.78, 5) is 26.5. The van der Waals surface area contributed by atoms with E-state index in [9.17, 15) is 9.59 Å². The number of ether oxygens (including phenoxy) is 2. The number of anilines is 1. The van der Waals surface area contributed by atoms with Crippen molar-refractivity contribution >= 4 is 50.6 Å². The summed E-state index contributed by atoms with van der Waals surface area (Å²) >= 11 is 4.28. The van der Waals surface area contributed by atoms with Crippen LogP contribution < -0.4 is 14.8 Å². The highest BCUT2D eigenvalue weighted by Gasteiger charge is 2.34. The Morgan fingerprint density at radius 3 is 2.62 bits per heavy atom. The summed E-state index contributed by atoms with van der Waals surface area (Å²) in [5.41, 5.74) is 1.55. The van der Waals surface area contributed by atoms with E-state index in [-0.39, 0.29) is 17.8 Å². The van der Waals surface area contributed by atoms with Gasteiger partial charge in [-0.1, -0.05) is 34.7 Å². The van der Waals surface area contributed by atoms with E-state index in [0.29, 0.717) is 23.0 Å². The van der Waals surface area contributed by atoms with Gasteiger partial charge in [0.2, 0.25) is 0 Å². The zero-order valence-corrected chi connectivity index (χ0v) is 18.1. The Balaban J connectivity index is 1.71. The van der Waals surface area contributed by atoms with Crippen LogP contribution in [0, 0.1) is 0 Å². The lowest BCUT2D eigenvalue weighted by Gasteiger charge is -2.14. The molecule has 0 atom stereocenters. The van der Waals surface area contributed by atoms with Gasteiger partial charge in [-0.25, -0.2) is 0 Å². The van der Waals surface area contributed by atoms with Crippen molar-refractivity contribution in [3.63, 3.8) is 0 Å². The van der Waals surface area contributed by atoms with E-state index in [0.717, 1.165) is 27.5 Å². The van der Waals surface area contributed by atoms with Gasteiger partial charge >= 0.3 is 0 Å². The zero-order valence-electron chi connectivity index (χ0n) is 15.7. The third-order valence-corrected chi connectivity index (χ3v) is 5.44. The van der Waals surface area contributed by atoms with Gasteiger partial charge in [0.25, 0.3) is 11.1 Å². The molecule has 6 nitrogen and oxygen atoms in total. The molecule has 150 valence electrons. The minimum Gasteiger partial charge on any atom is -0.493 e. The summed E-state index contributed by atoms with van der Waals surface area (Å²) in [7, 11) is 1.54. The average molecular weight is 475 g/mol. The molecule has 1 saturated heterocycles. The van der Waals surface area contributed by atoms with Gasteiger partial charge in [-0.05, 0) is 59.8 Å². The van der Waals surface area contributed by atoms with Crippen molar-refractivity contribution in [3.05, 3.63) is 70.1 Å². The lowest BCUT2D eigenvalue weighted by atomic mass is 10.2. The topological polar surface area (TPSA) is 67.9 Å². The molecule has 0 bridgehead atoms. The molecule has 0 saturated carbocycles. The minimum absolute atomic E-state index is 0.0985. The van der Waals surface area contributed by atoms with Crippen LogP contribution in [0.5, 0.6) is 11.5 Å². The van der Waals surface area contributed by atoms with Crippen LogP contribution in [0.15, 0.2) is 64.5 Å². The average Bonchev–Trinajstić information content (AvgIpc) is 2.99. The number of nitrogens with one attached hydrogen (secondary N) is 1. The number of amides is 2. The first-order valence-corrected chi connectivity index (χ1v) is 10.3. The molecule has 2 aromatic carbocycles. The third kappa shape index (κ3) is 5.21. The van der Waals surface area contributed by atoms with Crippen molar-refractivity contribution in [3.8, 4) is 11.5 Å². The maximum Gasteiger partial charge on any atom is 0.295 e. The van der Waals surface area contributed by atoms with Crippen molar-refractivity contribution in [2.24, 2.45) is 0 Å². The van der Waals surface area contributed by atoms with Crippen molar-refractivity contribution in [1.29, 1.82) is 0 Å². The molecular weight excluding hydrogens is 456 g/mol. The maximum absolute atomic E-state index is 12.7. The summed E-state index contributed by atoms with van der Waals surface area (Å²) < 4.78 is 11.8. The molecule has 29 heavy (non-hydrogen) atoms. The van der Waals surface area contributed by atoms with E-state index in [1.807, 2.05) is 24.3 Å². The first kappa shape index (κ1) is 21.0. The molecule has 1 fully saturated rings. The van der Waals surface area contributed by atoms with E-state index in [1.165, 1.54) is 4.90 Å². The van der Waals surface area contributed by atoms with Gasteiger partial charge in [0.15, 0.2) is 11.5 Å². The first-order chi connectivity index (χ1) is 14.0. The number of hydrogen-bond acceptors (Lipinski definition) is 6. The van der Waals surface area contributed by atoms with E-state index in [2.05, 4.69) is 27.8 Å². The molecule has 0 spiro atoms. The highest BCUT2D eigenvalue weighted by Crippen LogP contribution is 2.34. The van der Waals surface area contributed by atoms with E-state index in [1.54, 1.807) is 37.5 Å². The van der Waals surface area contributed by atoms with Gasteiger partial charge in [0.1, 0.15) is 6.61 Å². The second-order valence-electron chi connectivity index (χ2n) is 5.96. The van der Waals surface area contributed by atoms with Gasteiger partial charge in [-0.2, -0.15) is 0 Å². The smallest absolute Gasteiger partial charge is 0.295 e. The highest BCUT2D eigenvalue weighted by atomic mass is 79.9. The summed E-state index contributed by atoms with van der Waals surface area (Å²) in [5.74, 6) is 0.781. The number of imide groups is 1. The van der Waals surface area contributed by atoms with Gasteiger partial charge in [0, 0.05) is 10.2 Å². The largest absolute Gasteiger partial charge is 0.493 e. The second-order valence-corrected chi connectivity index (χ2v) is 7.87. The van der Waals surface area contributed by atoms with Crippen molar-refractivity contribution in [2.75, 3.05) is 25.7 Å². The lowest BCUT2D eigenvalue weighted by molar-refractivity contribution is -0.122. The Hall–Kier alpha value is -2.71. The van der Waals surface area contributed by atoms with Crippen LogP contribution in [0.4, 0.5) is 10.5 Å². The zero-order chi connectivity index (χ0) is 20.8. The molecule has 2 aromatic rings. The molecule has 0 unspecified atom stereocenters. The first-order valence-electron chi connectivity index (χ1n) is 8.68. The number of methoxy groups -OCH3 is 1. The number of hydrogen-bond donors (Lipinski definition) is 1. The molecule has 1 aliphatic rings. The Labute approximate surface area is 181 Å². The number of benzene rings is 2. The molecule has 0 radical (unpaired) electrons. The summed E-state index contributed by atoms with van der Waals surface area (Å²) in [6.45, 7) is 4.08. The van der Waals surface area contributed by atoms with Crippen molar-refractivity contribution in [2.45, 2.75) is 0 Å². The van der Waals surface area contributed by atoms with Gasteiger partial charge in [-0.3, -0.25) is 14.5 Å². The Bertz CT molecular complexity index is 960. The van der Waals surface area contributed by atoms with Crippen molar-refractivity contribution < 1.29 is 19.1 Å². The number of carbonyl (C=O) groups excluding carboxylic acids is 2. The normalized spacial score (nSPS) is 15.0. The predicted octanol–water partition coefficient (Wildman–Crippen LogP) is 5.13. The van der Waals surface area contributed by atoms with Crippen LogP contribution in [-0.2, 0) is 4.79 Å². The van der Waals surface area contributed by atoms with Gasteiger partial charge in [0.05, 0.1) is 18.7 Å². The number of halogens is 1. The molecule has 8 heteroatoms. The molecular formula is C21H19BrN2O4S. The fraction of sp³-hybridized carbons (Fsp3) is 0.143. The lowest BCUT2D eigenvalue weighted by Crippen LogP contribution is -2.33. The van der Waals surface area contributed by atoms with Crippen LogP contribution in [0.2, 0.25) is 0 Å². The SMILES string of the molecule is C=CCOc1ccc(/C=C2\SC(=O)N(CNc3ccc(Br)cc3)C2=O)cc1OC. The standard InChI is InChI=1S/C21H19BrN2O4S/c1-3-10-28-17-9-4-14(11-18(17)27-2)12-19-20(25)24(21(26)29-19)13-23-16-7-5-15(22)6-8-16/h3-9,11-12,23H,1,10,13H2,2H3/b19-12-. The quantitative estimate of drug-likeness (QED) is 0.422. The predicted molar refractivity (Wildman–Crippen MR) is 119 cm³/mol. The molecule has 0 aromatic heterocycles. The highest BCUT2D eigenvalue weighted by molar-refractivity contribution is 9.10. The van der Waals surface area contributed by atoms with Gasteiger partial charge < -0.3 is 14.8 Å². The maximum atomic E-state index is 12.7. The van der Waals surface area contributed by atoms with Crippen LogP contribution in [0.3, 0.4) is 0 Å². The van der Waals surface area contributed by atoms with Gasteiger partial charge in [-0.15, -0.1) is 0 Å². The fourth-order valence-electron chi connectivity index (χ4n) is 2.57. The Morgan fingerprint density at radius 2 is 1.93 bits per heavy atom. The fourth-order valence-corrected chi connectivity index (χ4v) is 3.67. The van der Waals surface area contributed by atoms with Crippen LogP contribution in [0.1, 0.15) is 5.56 Å². The van der Waals surface area contributed by atoms with Crippen LogP contribution in [0.25, 0.3) is 6.08 Å². The Morgan fingerprint density at radius 1 is 1.17 bits per heavy atom. The Kier molecular flexibility index (Phi) is 7.00. The number of thioether (sulfide) groups is 1. The van der Waals surface area contributed by atoms with E-state index < -0.39 is 0 Å². The third-order valence-electron chi connectivity index (χ3n) is 4.00. The summed E-state index contributed by atoms with van der Waals surface area (Å²) in [5, 5.41) is 2.77. The molecule has 1 aliphatic heterocycles. The number of carbonyl (C=O) groups is 2. The number of nitrogens with zero attached hydrogens (tertiary/aromatic N) is 1. The minimum atomic E-state index is -0.337. The second kappa shape index (κ2) is 9.67. The summed E-state index contributed by atoms with van der Waals surface area (Å²) in [6.07, 6.45) is 3.32. The van der Waals surface area contributed by atoms with Crippen LogP contribution >= 0.6 is 27.7 Å². The molecule has 0 aliphatic carbocycles. The van der Waals surface area contributed by atoms with E-state index in [4.69, 9.17) is 9.47 Å². The molecule has 2 amide bonds. The summed E-state index contributed by atoms with van der Waals surface area (Å²) in [6, 6.07) is 12.8.